The number of hydrogen-bond acceptors (Lipinski definition) is 10. The fraction of sp³-hybridized carbons (Fsp3) is 0.500. The third-order valence-corrected chi connectivity index (χ3v) is 3.54. The van der Waals surface area contributed by atoms with Gasteiger partial charge in [-0.15, -0.1) is 0 Å². The number of nitriles is 1. The fourth-order valence-corrected chi connectivity index (χ4v) is 2.42. The Bertz CT molecular complexity index is 795. The van der Waals surface area contributed by atoms with Crippen LogP contribution in [-0.2, 0) is 13.8 Å². The van der Waals surface area contributed by atoms with Crippen molar-refractivity contribution >= 4 is 7.82 Å². The smallest absolute Gasteiger partial charge is 0.331 e. The van der Waals surface area contributed by atoms with Crippen LogP contribution in [0.1, 0.15) is 11.9 Å². The van der Waals surface area contributed by atoms with E-state index in [1.807, 2.05) is 4.98 Å². The lowest BCUT2D eigenvalue weighted by Gasteiger charge is -2.30. The van der Waals surface area contributed by atoms with Crippen molar-refractivity contribution < 1.29 is 33.8 Å². The summed E-state index contributed by atoms with van der Waals surface area (Å²) in [7, 11) is -5.33. The minimum Gasteiger partial charge on any atom is -0.790 e. The molecule has 0 radical (unpaired) electrons. The summed E-state index contributed by atoms with van der Waals surface area (Å²) >= 11 is 0. The Labute approximate surface area is 139 Å². The van der Waals surface area contributed by atoms with Crippen molar-refractivity contribution in [2.75, 3.05) is 6.61 Å². The van der Waals surface area contributed by atoms with E-state index in [4.69, 9.17) is 10.00 Å². The molecule has 0 aromatic carbocycles. The molecular formula is C10H18N5O9P. The summed E-state index contributed by atoms with van der Waals surface area (Å²) in [4.78, 5) is 45.7. The summed E-state index contributed by atoms with van der Waals surface area (Å²) in [5.41, 5.74) is -2.38. The highest BCUT2D eigenvalue weighted by Gasteiger charge is 2.45. The van der Waals surface area contributed by atoms with E-state index in [1.165, 1.54) is 0 Å². The molecule has 15 heteroatoms. The number of nitrogens with one attached hydrogen (secondary N) is 1. The summed E-state index contributed by atoms with van der Waals surface area (Å²) in [5, 5.41) is 28.6. The highest BCUT2D eigenvalue weighted by Crippen LogP contribution is 2.32. The third-order valence-electron chi connectivity index (χ3n) is 3.08. The Morgan fingerprint density at radius 3 is 2.48 bits per heavy atom. The van der Waals surface area contributed by atoms with Crippen molar-refractivity contribution in [2.45, 2.75) is 24.5 Å². The Morgan fingerprint density at radius 2 is 1.96 bits per heavy atom. The number of aromatic nitrogens is 2. The molecule has 2 rings (SSSR count). The molecule has 14 nitrogen and oxygen atoms in total. The number of aliphatic hydroxyl groups is 2. The van der Waals surface area contributed by atoms with Gasteiger partial charge in [-0.05, 0) is 0 Å². The van der Waals surface area contributed by atoms with Gasteiger partial charge in [0.15, 0.2) is 6.23 Å². The first-order chi connectivity index (χ1) is 10.6. The molecule has 0 bridgehead atoms. The maximum Gasteiger partial charge on any atom is 0.331 e. The lowest BCUT2D eigenvalue weighted by atomic mass is 10.1. The molecule has 1 aromatic rings. The van der Waals surface area contributed by atoms with Crippen molar-refractivity contribution in [1.82, 2.24) is 21.9 Å². The van der Waals surface area contributed by atoms with Crippen molar-refractivity contribution in [3.05, 3.63) is 32.6 Å². The van der Waals surface area contributed by atoms with E-state index in [-0.39, 0.29) is 12.3 Å². The summed E-state index contributed by atoms with van der Waals surface area (Å²) in [6.07, 6.45) is -6.47. The first kappa shape index (κ1) is 23.1. The Hall–Kier alpha value is -1.92. The average Bonchev–Trinajstić information content (AvgIpc) is 2.71. The van der Waals surface area contributed by atoms with Crippen LogP contribution >= 0.6 is 7.82 Å². The standard InChI is InChI=1S/C10H12N3O9P.2H3N/c11-2-4-1-6(14)12-10(17)13(4)9-8(16)7(15)5(22-9)3-21-23(18,19)20;;/h1,5,7-9,15-16H,3H2,(H,12,14,17)(H2,18,19,20);2*1H3/t5-,7+,8?,9-;;/m1../s1. The van der Waals surface area contributed by atoms with Crippen LogP contribution in [0.2, 0.25) is 0 Å². The van der Waals surface area contributed by atoms with Crippen LogP contribution in [0.25, 0.3) is 0 Å². The molecule has 142 valence electrons. The molecule has 1 aliphatic heterocycles. The van der Waals surface area contributed by atoms with Gasteiger partial charge >= 0.3 is 5.69 Å². The maximum atomic E-state index is 11.8. The summed E-state index contributed by atoms with van der Waals surface area (Å²) in [5.74, 6) is 0. The number of H-pyrrole nitrogens is 1. The van der Waals surface area contributed by atoms with Crippen molar-refractivity contribution in [1.29, 1.82) is 5.26 Å². The van der Waals surface area contributed by atoms with E-state index >= 15 is 0 Å². The fourth-order valence-electron chi connectivity index (χ4n) is 2.09. The molecule has 1 unspecified atom stereocenters. The molecule has 1 saturated heterocycles. The first-order valence-corrected chi connectivity index (χ1v) is 7.54. The zero-order valence-corrected chi connectivity index (χ0v) is 14.1. The van der Waals surface area contributed by atoms with Gasteiger partial charge in [-0.2, -0.15) is 5.26 Å². The Kier molecular flexibility index (Phi) is 7.80. The monoisotopic (exact) mass is 383 g/mol. The lowest BCUT2D eigenvalue weighted by molar-refractivity contribution is -0.343. The maximum absolute atomic E-state index is 11.8. The highest BCUT2D eigenvalue weighted by molar-refractivity contribution is 7.43. The third kappa shape index (κ3) is 5.03. The van der Waals surface area contributed by atoms with Crippen molar-refractivity contribution in [3.8, 4) is 6.07 Å². The Morgan fingerprint density at radius 1 is 1.36 bits per heavy atom. The molecule has 2 heterocycles. The van der Waals surface area contributed by atoms with Gasteiger partial charge in [0.25, 0.3) is 5.56 Å². The average molecular weight is 383 g/mol. The largest absolute Gasteiger partial charge is 0.790 e. The summed E-state index contributed by atoms with van der Waals surface area (Å²) < 4.78 is 20.1. The summed E-state index contributed by atoms with van der Waals surface area (Å²) in [6.45, 7) is -0.890. The summed E-state index contributed by atoms with van der Waals surface area (Å²) in [6, 6.07) is 2.33. The molecular weight excluding hydrogens is 365 g/mol. The van der Waals surface area contributed by atoms with Crippen LogP contribution in [0.15, 0.2) is 15.7 Å². The molecule has 0 amide bonds. The second kappa shape index (κ2) is 8.45. The van der Waals surface area contributed by atoms with Crippen molar-refractivity contribution in [3.63, 3.8) is 0 Å². The van der Waals surface area contributed by atoms with Gasteiger partial charge in [0, 0.05) is 6.07 Å². The predicted octanol–water partition coefficient (Wildman–Crippen LogP) is -3.37. The quantitative estimate of drug-likeness (QED) is 0.321. The van der Waals surface area contributed by atoms with Crippen LogP contribution in [-0.4, -0.2) is 44.7 Å². The van der Waals surface area contributed by atoms with Crippen LogP contribution in [0, 0.1) is 11.3 Å². The molecule has 0 saturated carbocycles. The number of aromatic amines is 1. The van der Waals surface area contributed by atoms with Gasteiger partial charge in [-0.25, -0.2) is 4.79 Å². The van der Waals surface area contributed by atoms with Crippen molar-refractivity contribution in [2.24, 2.45) is 0 Å². The predicted molar refractivity (Wildman–Crippen MR) is 77.5 cm³/mol. The second-order valence-corrected chi connectivity index (χ2v) is 5.75. The number of hydrogen-bond donors (Lipinski definition) is 5. The number of rotatable bonds is 4. The van der Waals surface area contributed by atoms with Crippen LogP contribution < -0.4 is 33.3 Å². The van der Waals surface area contributed by atoms with Gasteiger partial charge in [-0.1, -0.05) is 0 Å². The molecule has 0 spiro atoms. The lowest BCUT2D eigenvalue weighted by Crippen LogP contribution is -2.39. The molecule has 1 aromatic heterocycles. The SMILES string of the molecule is N#Cc1cc(=O)[nH]c(=O)n1[C@@H]1O[C@H](COP(=O)([O-])[O-])[C@H](O)C1O.[NH4+].[NH4+]. The van der Waals surface area contributed by atoms with Gasteiger partial charge in [0.05, 0.1) is 14.4 Å². The minimum absolute atomic E-state index is 0. The van der Waals surface area contributed by atoms with E-state index in [0.29, 0.717) is 4.57 Å². The number of ether oxygens (including phenoxy) is 1. The molecule has 4 atom stereocenters. The molecule has 1 aliphatic rings. The number of phosphoric acid groups is 1. The van der Waals surface area contributed by atoms with E-state index < -0.39 is 55.9 Å². The highest BCUT2D eigenvalue weighted by atomic mass is 31.2. The van der Waals surface area contributed by atoms with Gasteiger partial charge in [-0.3, -0.25) is 14.3 Å². The van der Waals surface area contributed by atoms with E-state index in [1.54, 1.807) is 6.07 Å². The molecule has 0 aliphatic carbocycles. The molecule has 25 heavy (non-hydrogen) atoms. The second-order valence-electron chi connectivity index (χ2n) is 4.60. The van der Waals surface area contributed by atoms with Crippen LogP contribution in [0.4, 0.5) is 0 Å². The van der Waals surface area contributed by atoms with Crippen LogP contribution in [0.3, 0.4) is 0 Å². The van der Waals surface area contributed by atoms with Gasteiger partial charge in [0.1, 0.15) is 30.1 Å². The number of nitrogens with zero attached hydrogens (tertiary/aromatic N) is 2. The zero-order chi connectivity index (χ0) is 17.4. The topological polar surface area (TPSA) is 274 Å². The van der Waals surface area contributed by atoms with Crippen LogP contribution in [0.5, 0.6) is 0 Å². The van der Waals surface area contributed by atoms with Gasteiger partial charge in [0.2, 0.25) is 0 Å². The zero-order valence-electron chi connectivity index (χ0n) is 13.2. The van der Waals surface area contributed by atoms with E-state index in [9.17, 15) is 34.2 Å². The molecule has 11 N–H and O–H groups in total. The normalized spacial score (nSPS) is 25.6. The van der Waals surface area contributed by atoms with Gasteiger partial charge < -0.3 is 46.1 Å². The van der Waals surface area contributed by atoms with E-state index in [0.717, 1.165) is 6.07 Å². The molecule has 1 fully saturated rings. The number of phosphoric ester groups is 1. The Balaban J connectivity index is 0.00000288. The number of aliphatic hydroxyl groups excluding tert-OH is 2. The first-order valence-electron chi connectivity index (χ1n) is 6.08. The number of quaternary nitrogens is 2. The minimum atomic E-state index is -5.33. The van der Waals surface area contributed by atoms with E-state index in [2.05, 4.69) is 4.52 Å².